The summed E-state index contributed by atoms with van der Waals surface area (Å²) in [4.78, 5) is 12.0. The molecule has 1 aromatic carbocycles. The van der Waals surface area contributed by atoms with E-state index in [2.05, 4.69) is 28.2 Å². The van der Waals surface area contributed by atoms with Crippen molar-refractivity contribution in [3.8, 4) is 0 Å². The standard InChI is InChI=1S/C15H20BrNO/c1-15(8-3-2-4-9-15)11-17-14(18)12-6-5-7-13(16)10-12/h5-7,10H,2-4,8-9,11H2,1H3,(H,17,18). The SMILES string of the molecule is CC1(CNC(=O)c2cccc(Br)c2)CCCCC1. The Kier molecular flexibility index (Phi) is 4.44. The van der Waals surface area contributed by atoms with E-state index < -0.39 is 0 Å². The van der Waals surface area contributed by atoms with Gasteiger partial charge in [-0.2, -0.15) is 0 Å². The first-order valence-electron chi connectivity index (χ1n) is 6.63. The highest BCUT2D eigenvalue weighted by atomic mass is 79.9. The maximum atomic E-state index is 12.0. The quantitative estimate of drug-likeness (QED) is 0.893. The molecule has 1 aromatic rings. The van der Waals surface area contributed by atoms with E-state index in [1.54, 1.807) is 0 Å². The van der Waals surface area contributed by atoms with Crippen molar-refractivity contribution in [2.24, 2.45) is 5.41 Å². The van der Waals surface area contributed by atoms with Crippen LogP contribution in [0.5, 0.6) is 0 Å². The smallest absolute Gasteiger partial charge is 0.251 e. The molecule has 1 aliphatic rings. The zero-order valence-corrected chi connectivity index (χ0v) is 12.4. The molecule has 0 spiro atoms. The molecule has 18 heavy (non-hydrogen) atoms. The number of carbonyl (C=O) groups is 1. The number of nitrogens with one attached hydrogen (secondary N) is 1. The Morgan fingerprint density at radius 2 is 2.06 bits per heavy atom. The lowest BCUT2D eigenvalue weighted by Gasteiger charge is -2.33. The molecule has 2 nitrogen and oxygen atoms in total. The van der Waals surface area contributed by atoms with Gasteiger partial charge >= 0.3 is 0 Å². The van der Waals surface area contributed by atoms with Crippen molar-refractivity contribution >= 4 is 21.8 Å². The number of amides is 1. The molecule has 0 aliphatic heterocycles. The van der Waals surface area contributed by atoms with Gasteiger partial charge < -0.3 is 5.32 Å². The van der Waals surface area contributed by atoms with Crippen LogP contribution >= 0.6 is 15.9 Å². The van der Waals surface area contributed by atoms with E-state index in [-0.39, 0.29) is 5.91 Å². The fraction of sp³-hybridized carbons (Fsp3) is 0.533. The first-order chi connectivity index (χ1) is 8.59. The second-order valence-corrected chi connectivity index (χ2v) is 6.48. The highest BCUT2D eigenvalue weighted by Gasteiger charge is 2.27. The molecule has 0 bridgehead atoms. The first kappa shape index (κ1) is 13.6. The van der Waals surface area contributed by atoms with Crippen LogP contribution in [0.3, 0.4) is 0 Å². The van der Waals surface area contributed by atoms with E-state index in [1.165, 1.54) is 32.1 Å². The Labute approximate surface area is 117 Å². The molecule has 3 heteroatoms. The van der Waals surface area contributed by atoms with Crippen molar-refractivity contribution in [1.29, 1.82) is 0 Å². The Morgan fingerprint density at radius 3 is 2.72 bits per heavy atom. The van der Waals surface area contributed by atoms with Gasteiger partial charge in [0.05, 0.1) is 0 Å². The van der Waals surface area contributed by atoms with Crippen molar-refractivity contribution in [1.82, 2.24) is 5.32 Å². The summed E-state index contributed by atoms with van der Waals surface area (Å²) >= 11 is 3.39. The van der Waals surface area contributed by atoms with E-state index in [9.17, 15) is 4.79 Å². The molecule has 98 valence electrons. The molecule has 0 aromatic heterocycles. The van der Waals surface area contributed by atoms with Gasteiger partial charge in [-0.1, -0.05) is 48.2 Å². The first-order valence-corrected chi connectivity index (χ1v) is 7.42. The summed E-state index contributed by atoms with van der Waals surface area (Å²) in [5.74, 6) is 0.0306. The van der Waals surface area contributed by atoms with Crippen LogP contribution in [0.2, 0.25) is 0 Å². The number of benzene rings is 1. The van der Waals surface area contributed by atoms with E-state index in [1.807, 2.05) is 24.3 Å². The average Bonchev–Trinajstić information content (AvgIpc) is 2.37. The van der Waals surface area contributed by atoms with Crippen LogP contribution < -0.4 is 5.32 Å². The molecule has 1 N–H and O–H groups in total. The molecule has 0 unspecified atom stereocenters. The summed E-state index contributed by atoms with van der Waals surface area (Å²) in [5, 5.41) is 3.08. The van der Waals surface area contributed by atoms with E-state index in [0.29, 0.717) is 5.41 Å². The summed E-state index contributed by atoms with van der Waals surface area (Å²) in [6.07, 6.45) is 6.39. The molecule has 1 aliphatic carbocycles. The lowest BCUT2D eigenvalue weighted by Crippen LogP contribution is -2.37. The molecule has 1 fully saturated rings. The maximum Gasteiger partial charge on any atom is 0.251 e. The lowest BCUT2D eigenvalue weighted by atomic mass is 9.76. The molecular weight excluding hydrogens is 290 g/mol. The Balaban J connectivity index is 1.92. The molecule has 0 radical (unpaired) electrons. The van der Waals surface area contributed by atoms with Gasteiger partial charge in [0.25, 0.3) is 5.91 Å². The number of rotatable bonds is 3. The fourth-order valence-corrected chi connectivity index (χ4v) is 3.01. The van der Waals surface area contributed by atoms with Crippen molar-refractivity contribution in [3.63, 3.8) is 0 Å². The molecule has 0 heterocycles. The number of carbonyl (C=O) groups excluding carboxylic acids is 1. The summed E-state index contributed by atoms with van der Waals surface area (Å²) in [6, 6.07) is 7.53. The minimum atomic E-state index is 0.0306. The fourth-order valence-electron chi connectivity index (χ4n) is 2.61. The Morgan fingerprint density at radius 1 is 1.33 bits per heavy atom. The van der Waals surface area contributed by atoms with Crippen LogP contribution in [0.1, 0.15) is 49.4 Å². The predicted molar refractivity (Wildman–Crippen MR) is 77.7 cm³/mol. The van der Waals surface area contributed by atoms with Gasteiger partial charge in [0, 0.05) is 16.6 Å². The second-order valence-electron chi connectivity index (χ2n) is 5.56. The summed E-state index contributed by atoms with van der Waals surface area (Å²) in [7, 11) is 0. The summed E-state index contributed by atoms with van der Waals surface area (Å²) in [5.41, 5.74) is 1.02. The minimum Gasteiger partial charge on any atom is -0.351 e. The molecule has 2 rings (SSSR count). The van der Waals surface area contributed by atoms with Crippen molar-refractivity contribution in [2.45, 2.75) is 39.0 Å². The van der Waals surface area contributed by atoms with Crippen LogP contribution in [0.4, 0.5) is 0 Å². The van der Waals surface area contributed by atoms with Crippen LogP contribution in [0.15, 0.2) is 28.7 Å². The van der Waals surface area contributed by atoms with Crippen molar-refractivity contribution in [2.75, 3.05) is 6.54 Å². The molecular formula is C15H20BrNO. The van der Waals surface area contributed by atoms with Gasteiger partial charge in [0.1, 0.15) is 0 Å². The van der Waals surface area contributed by atoms with Crippen molar-refractivity contribution in [3.05, 3.63) is 34.3 Å². The van der Waals surface area contributed by atoms with Gasteiger partial charge in [-0.15, -0.1) is 0 Å². The summed E-state index contributed by atoms with van der Waals surface area (Å²) < 4.78 is 0.944. The third kappa shape index (κ3) is 3.58. The Bertz CT molecular complexity index is 424. The number of hydrogen-bond donors (Lipinski definition) is 1. The van der Waals surface area contributed by atoms with Gasteiger partial charge in [0.15, 0.2) is 0 Å². The van der Waals surface area contributed by atoms with E-state index in [4.69, 9.17) is 0 Å². The van der Waals surface area contributed by atoms with Crippen LogP contribution in [-0.4, -0.2) is 12.5 Å². The van der Waals surface area contributed by atoms with Crippen LogP contribution in [0, 0.1) is 5.41 Å². The molecule has 1 saturated carbocycles. The zero-order chi connectivity index (χ0) is 13.0. The lowest BCUT2D eigenvalue weighted by molar-refractivity contribution is 0.0919. The van der Waals surface area contributed by atoms with E-state index >= 15 is 0 Å². The Hall–Kier alpha value is -0.830. The average molecular weight is 310 g/mol. The third-order valence-corrected chi connectivity index (χ3v) is 4.32. The molecule has 0 atom stereocenters. The maximum absolute atomic E-state index is 12.0. The largest absolute Gasteiger partial charge is 0.351 e. The molecule has 0 saturated heterocycles. The van der Waals surface area contributed by atoms with Gasteiger partial charge in [-0.05, 0) is 36.5 Å². The topological polar surface area (TPSA) is 29.1 Å². The normalized spacial score (nSPS) is 18.3. The summed E-state index contributed by atoms with van der Waals surface area (Å²) in [6.45, 7) is 3.08. The highest BCUT2D eigenvalue weighted by Crippen LogP contribution is 2.34. The number of halogens is 1. The number of hydrogen-bond acceptors (Lipinski definition) is 1. The van der Waals surface area contributed by atoms with Gasteiger partial charge in [-0.25, -0.2) is 0 Å². The van der Waals surface area contributed by atoms with Crippen LogP contribution in [0.25, 0.3) is 0 Å². The molecule has 1 amide bonds. The minimum absolute atomic E-state index is 0.0306. The van der Waals surface area contributed by atoms with E-state index in [0.717, 1.165) is 16.6 Å². The third-order valence-electron chi connectivity index (χ3n) is 3.82. The van der Waals surface area contributed by atoms with Gasteiger partial charge in [0.2, 0.25) is 0 Å². The highest BCUT2D eigenvalue weighted by molar-refractivity contribution is 9.10. The predicted octanol–water partition coefficient (Wildman–Crippen LogP) is 4.15. The van der Waals surface area contributed by atoms with Gasteiger partial charge in [-0.3, -0.25) is 4.79 Å². The van der Waals surface area contributed by atoms with Crippen LogP contribution in [-0.2, 0) is 0 Å². The monoisotopic (exact) mass is 309 g/mol. The second kappa shape index (κ2) is 5.87. The van der Waals surface area contributed by atoms with Crippen molar-refractivity contribution < 1.29 is 4.79 Å². The zero-order valence-electron chi connectivity index (χ0n) is 10.8.